The maximum atomic E-state index is 13.2. The van der Waals surface area contributed by atoms with Crippen LogP contribution in [-0.4, -0.2) is 37.6 Å². The number of anilines is 1. The molecule has 0 spiro atoms. The van der Waals surface area contributed by atoms with E-state index in [4.69, 9.17) is 19.8 Å². The third-order valence-corrected chi connectivity index (χ3v) is 8.09. The molecule has 1 aliphatic carbocycles. The number of benzene rings is 3. The minimum Gasteiger partial charge on any atom is -0.449 e. The van der Waals surface area contributed by atoms with Gasteiger partial charge >= 0.3 is 19.4 Å². The molecule has 0 aromatic heterocycles. The van der Waals surface area contributed by atoms with Crippen LogP contribution in [-0.2, 0) is 20.2 Å². The summed E-state index contributed by atoms with van der Waals surface area (Å²) in [6.45, 7) is 7.65. The van der Waals surface area contributed by atoms with Crippen molar-refractivity contribution < 1.29 is 32.0 Å². The molecule has 2 aliphatic rings. The Morgan fingerprint density at radius 1 is 0.976 bits per heavy atom. The molecule has 0 bridgehead atoms. The number of halogens is 3. The number of ether oxygens (including phenoxy) is 1. The summed E-state index contributed by atoms with van der Waals surface area (Å²) in [5, 5.41) is 2.75. The molecule has 3 aromatic rings. The van der Waals surface area contributed by atoms with E-state index in [1.165, 1.54) is 6.07 Å². The number of hydrogen-bond donors (Lipinski definition) is 2. The quantitative estimate of drug-likeness (QED) is 0.253. The van der Waals surface area contributed by atoms with Crippen LogP contribution in [0.4, 0.5) is 23.7 Å². The van der Waals surface area contributed by atoms with Crippen LogP contribution in [0.5, 0.6) is 0 Å². The molecule has 3 aromatic carbocycles. The number of amides is 1. The van der Waals surface area contributed by atoms with Gasteiger partial charge in [0.1, 0.15) is 6.61 Å². The summed E-state index contributed by atoms with van der Waals surface area (Å²) < 4.78 is 57.5. The summed E-state index contributed by atoms with van der Waals surface area (Å²) in [4.78, 5) is 12.9. The molecule has 0 atom stereocenters. The Morgan fingerprint density at radius 3 is 2.07 bits per heavy atom. The first kappa shape index (κ1) is 28.8. The smallest absolute Gasteiger partial charge is 0.449 e. The largest absolute Gasteiger partial charge is 0.492 e. The SMILES string of the molecule is CC1(C)OB(C(=Cc2ccc(C(F)(F)F)cc2N)CNC(=O)OCC2c3ccccc3-c3ccccc32)OC1(C)C. The van der Waals surface area contributed by atoms with E-state index in [0.717, 1.165) is 34.4 Å². The van der Waals surface area contributed by atoms with Gasteiger partial charge in [-0.2, -0.15) is 13.2 Å². The first-order valence-electron chi connectivity index (χ1n) is 13.4. The number of hydrogen-bond acceptors (Lipinski definition) is 5. The summed E-state index contributed by atoms with van der Waals surface area (Å²) >= 11 is 0. The van der Waals surface area contributed by atoms with Crippen LogP contribution >= 0.6 is 0 Å². The second-order valence-electron chi connectivity index (χ2n) is 11.3. The average Bonchev–Trinajstić information content (AvgIpc) is 3.34. The Morgan fingerprint density at radius 2 is 1.54 bits per heavy atom. The van der Waals surface area contributed by atoms with Crippen LogP contribution < -0.4 is 11.1 Å². The van der Waals surface area contributed by atoms with E-state index in [1.54, 1.807) is 6.08 Å². The summed E-state index contributed by atoms with van der Waals surface area (Å²) in [6.07, 6.45) is -3.58. The normalized spacial score (nSPS) is 17.7. The molecule has 1 aliphatic heterocycles. The van der Waals surface area contributed by atoms with Gasteiger partial charge in [0.25, 0.3) is 0 Å². The number of nitrogen functional groups attached to an aromatic ring is 1. The molecule has 6 nitrogen and oxygen atoms in total. The number of alkyl carbamates (subject to hydrolysis) is 1. The van der Waals surface area contributed by atoms with Gasteiger partial charge in [0.05, 0.1) is 16.8 Å². The lowest BCUT2D eigenvalue weighted by molar-refractivity contribution is -0.137. The topological polar surface area (TPSA) is 82.8 Å². The van der Waals surface area contributed by atoms with Crippen molar-refractivity contribution in [3.63, 3.8) is 0 Å². The first-order chi connectivity index (χ1) is 19.3. The zero-order chi connectivity index (χ0) is 29.6. The molecule has 1 heterocycles. The predicted octanol–water partition coefficient (Wildman–Crippen LogP) is 6.84. The number of carbonyl (C=O) groups excluding carboxylic acids is 1. The van der Waals surface area contributed by atoms with E-state index in [2.05, 4.69) is 17.4 Å². The zero-order valence-electron chi connectivity index (χ0n) is 23.3. The van der Waals surface area contributed by atoms with Crippen molar-refractivity contribution in [3.8, 4) is 11.1 Å². The van der Waals surface area contributed by atoms with Crippen LogP contribution in [0.3, 0.4) is 0 Å². The molecular weight excluding hydrogens is 532 g/mol. The molecule has 0 radical (unpaired) electrons. The minimum absolute atomic E-state index is 0.0338. The van der Waals surface area contributed by atoms with Crippen LogP contribution in [0.25, 0.3) is 17.2 Å². The molecule has 1 amide bonds. The van der Waals surface area contributed by atoms with E-state index < -0.39 is 36.2 Å². The Bertz CT molecular complexity index is 1440. The molecule has 0 saturated carbocycles. The Labute approximate surface area is 237 Å². The highest BCUT2D eigenvalue weighted by atomic mass is 19.4. The molecule has 214 valence electrons. The molecular formula is C31H32BF3N2O4. The van der Waals surface area contributed by atoms with E-state index in [-0.39, 0.29) is 24.8 Å². The van der Waals surface area contributed by atoms with Crippen molar-refractivity contribution >= 4 is 25.0 Å². The van der Waals surface area contributed by atoms with E-state index in [9.17, 15) is 18.0 Å². The number of nitrogens with two attached hydrogens (primary N) is 1. The average molecular weight is 564 g/mol. The van der Waals surface area contributed by atoms with Gasteiger partial charge in [-0.25, -0.2) is 4.79 Å². The van der Waals surface area contributed by atoms with Crippen LogP contribution in [0.15, 0.2) is 72.2 Å². The lowest BCUT2D eigenvalue weighted by atomic mass is 9.76. The van der Waals surface area contributed by atoms with E-state index in [1.807, 2.05) is 64.1 Å². The second kappa shape index (κ2) is 10.6. The van der Waals surface area contributed by atoms with Gasteiger partial charge in [-0.05, 0) is 73.1 Å². The van der Waals surface area contributed by atoms with Crippen LogP contribution in [0, 0.1) is 0 Å². The van der Waals surface area contributed by atoms with Gasteiger partial charge < -0.3 is 25.1 Å². The zero-order valence-corrected chi connectivity index (χ0v) is 23.3. The molecule has 1 saturated heterocycles. The van der Waals surface area contributed by atoms with E-state index >= 15 is 0 Å². The van der Waals surface area contributed by atoms with Crippen molar-refractivity contribution in [3.05, 3.63) is 94.5 Å². The fourth-order valence-electron chi connectivity index (χ4n) is 5.10. The van der Waals surface area contributed by atoms with Gasteiger partial charge in [0, 0.05) is 18.2 Å². The summed E-state index contributed by atoms with van der Waals surface area (Å²) in [7, 11) is -0.865. The van der Waals surface area contributed by atoms with Crippen molar-refractivity contribution in [2.24, 2.45) is 0 Å². The highest BCUT2D eigenvalue weighted by Gasteiger charge is 2.52. The highest BCUT2D eigenvalue weighted by Crippen LogP contribution is 2.44. The first-order valence-corrected chi connectivity index (χ1v) is 13.4. The van der Waals surface area contributed by atoms with Crippen molar-refractivity contribution in [1.29, 1.82) is 0 Å². The van der Waals surface area contributed by atoms with Crippen molar-refractivity contribution in [2.45, 2.75) is 51.0 Å². The third-order valence-electron chi connectivity index (χ3n) is 8.09. The Kier molecular flexibility index (Phi) is 7.42. The lowest BCUT2D eigenvalue weighted by Gasteiger charge is -2.32. The van der Waals surface area contributed by atoms with Crippen LogP contribution in [0.2, 0.25) is 0 Å². The van der Waals surface area contributed by atoms with Gasteiger partial charge in [-0.15, -0.1) is 0 Å². The summed E-state index contributed by atoms with van der Waals surface area (Å²) in [5.41, 5.74) is 8.98. The second-order valence-corrected chi connectivity index (χ2v) is 11.3. The van der Waals surface area contributed by atoms with Crippen molar-refractivity contribution in [2.75, 3.05) is 18.9 Å². The summed E-state index contributed by atoms with van der Waals surface area (Å²) in [6, 6.07) is 19.2. The molecule has 41 heavy (non-hydrogen) atoms. The third kappa shape index (κ3) is 5.71. The number of nitrogens with one attached hydrogen (secondary N) is 1. The molecule has 10 heteroatoms. The lowest BCUT2D eigenvalue weighted by Crippen LogP contribution is -2.41. The minimum atomic E-state index is -4.52. The van der Waals surface area contributed by atoms with Gasteiger partial charge in [0.15, 0.2) is 0 Å². The fraction of sp³-hybridized carbons (Fsp3) is 0.323. The number of fused-ring (bicyclic) bond motifs is 3. The van der Waals surface area contributed by atoms with E-state index in [0.29, 0.717) is 11.0 Å². The van der Waals surface area contributed by atoms with Crippen LogP contribution in [0.1, 0.15) is 55.9 Å². The maximum absolute atomic E-state index is 13.2. The molecule has 3 N–H and O–H groups in total. The Hall–Kier alpha value is -3.76. The number of carbonyl (C=O) groups is 1. The van der Waals surface area contributed by atoms with Gasteiger partial charge in [-0.1, -0.05) is 60.7 Å². The standard InChI is InChI=1S/C31H32BF3N2O4/c1-29(2)30(3,4)41-32(40-29)21(15-19-13-14-20(16-27(19)36)31(33,34)35)17-37-28(38)39-18-26-24-11-7-5-9-22(24)23-10-6-8-12-25(23)26/h5-16,26H,17-18,36H2,1-4H3,(H,37,38). The van der Waals surface area contributed by atoms with Crippen molar-refractivity contribution in [1.82, 2.24) is 5.32 Å². The predicted molar refractivity (Wildman–Crippen MR) is 153 cm³/mol. The molecule has 1 fully saturated rings. The number of rotatable bonds is 6. The Balaban J connectivity index is 1.33. The van der Waals surface area contributed by atoms with Gasteiger partial charge in [-0.3, -0.25) is 0 Å². The monoisotopic (exact) mass is 564 g/mol. The number of alkyl halides is 3. The maximum Gasteiger partial charge on any atom is 0.492 e. The molecule has 5 rings (SSSR count). The highest BCUT2D eigenvalue weighted by molar-refractivity contribution is 6.56. The molecule has 0 unspecified atom stereocenters. The summed E-state index contributed by atoms with van der Waals surface area (Å²) in [5.74, 6) is -0.0989. The van der Waals surface area contributed by atoms with Gasteiger partial charge in [0.2, 0.25) is 0 Å². The fourth-order valence-corrected chi connectivity index (χ4v) is 5.10.